The fourth-order valence-electron chi connectivity index (χ4n) is 3.86. The van der Waals surface area contributed by atoms with Crippen LogP contribution < -0.4 is 10.6 Å². The number of aliphatic hydroxyl groups is 1. The molecule has 3 rings (SSSR count). The minimum Gasteiger partial charge on any atom is -0.387 e. The number of hydrogen-bond acceptors (Lipinski definition) is 5. The summed E-state index contributed by atoms with van der Waals surface area (Å²) in [6.07, 6.45) is 4.73. The van der Waals surface area contributed by atoms with Crippen molar-refractivity contribution in [3.8, 4) is 0 Å². The number of aliphatic hydroxyl groups excluding tert-OH is 1. The Bertz CT molecular complexity index is 980. The zero-order valence-corrected chi connectivity index (χ0v) is 18.7. The van der Waals surface area contributed by atoms with E-state index in [1.165, 1.54) is 0 Å². The maximum absolute atomic E-state index is 13.4. The molecule has 0 fully saturated rings. The lowest BCUT2D eigenvalue weighted by Crippen LogP contribution is -2.50. The number of carbonyl (C=O) groups is 2. The van der Waals surface area contributed by atoms with E-state index in [-0.39, 0.29) is 35.1 Å². The molecule has 0 saturated heterocycles. The molecule has 2 aliphatic rings. The lowest BCUT2D eigenvalue weighted by molar-refractivity contribution is -0.123. The number of amides is 1. The van der Waals surface area contributed by atoms with Crippen molar-refractivity contribution in [2.24, 2.45) is 16.3 Å². The van der Waals surface area contributed by atoms with E-state index in [0.29, 0.717) is 17.7 Å². The minimum absolute atomic E-state index is 0.0631. The average molecular weight is 446 g/mol. The van der Waals surface area contributed by atoms with Crippen LogP contribution in [0.25, 0.3) is 0 Å². The van der Waals surface area contributed by atoms with Crippen LogP contribution in [0.4, 0.5) is 8.78 Å². The topological polar surface area (TPSA) is 90.8 Å². The zero-order chi connectivity index (χ0) is 23.6. The number of aliphatic imine (C=N–C) groups is 1. The molecule has 4 atom stereocenters. The summed E-state index contributed by atoms with van der Waals surface area (Å²) < 4.78 is 26.8. The van der Waals surface area contributed by atoms with Gasteiger partial charge in [-0.1, -0.05) is 26.8 Å². The fourth-order valence-corrected chi connectivity index (χ4v) is 3.86. The summed E-state index contributed by atoms with van der Waals surface area (Å²) in [6, 6.07) is 1.59. The van der Waals surface area contributed by atoms with E-state index in [1.807, 2.05) is 26.8 Å². The molecular weight excluding hydrogens is 416 g/mol. The molecule has 0 bridgehead atoms. The van der Waals surface area contributed by atoms with Gasteiger partial charge < -0.3 is 15.7 Å². The number of nitrogens with zero attached hydrogens (tertiary/aromatic N) is 1. The molecule has 1 amide bonds. The molecule has 1 aliphatic heterocycles. The Kier molecular flexibility index (Phi) is 7.05. The van der Waals surface area contributed by atoms with Crippen LogP contribution in [0.15, 0.2) is 46.6 Å². The molecule has 6 nitrogen and oxygen atoms in total. The number of nitrogens with one attached hydrogen (secondary N) is 2. The Labute approximate surface area is 186 Å². The predicted octanol–water partition coefficient (Wildman–Crippen LogP) is 2.99. The first kappa shape index (κ1) is 23.9. The number of Topliss-reactive ketones (excluding diaryl/α,β-unsaturated/α-hetero) is 1. The number of allylic oxidation sites excluding steroid dienone is 2. The van der Waals surface area contributed by atoms with Gasteiger partial charge in [-0.15, -0.1) is 0 Å². The van der Waals surface area contributed by atoms with Crippen molar-refractivity contribution >= 4 is 17.9 Å². The van der Waals surface area contributed by atoms with Crippen LogP contribution in [-0.4, -0.2) is 41.6 Å². The van der Waals surface area contributed by atoms with Gasteiger partial charge in [-0.25, -0.2) is 8.78 Å². The van der Waals surface area contributed by atoms with Crippen LogP contribution in [-0.2, 0) is 9.59 Å². The molecular formula is C24H29F2N3O3. The zero-order valence-electron chi connectivity index (χ0n) is 18.7. The predicted molar refractivity (Wildman–Crippen MR) is 118 cm³/mol. The number of hydrogen-bond donors (Lipinski definition) is 3. The lowest BCUT2D eigenvalue weighted by Gasteiger charge is -2.29. The SMILES string of the molecule is CC1C=CC2=C(C1=O)C(NC(=O)[C@H](C)NC[C@@H](O)c1cc(F)cc(F)c1)CC(C)(C)C=N2. The Balaban J connectivity index is 1.69. The fraction of sp³-hybridized carbons (Fsp3) is 0.458. The van der Waals surface area contributed by atoms with E-state index < -0.39 is 29.8 Å². The van der Waals surface area contributed by atoms with Crippen molar-refractivity contribution < 1.29 is 23.5 Å². The second kappa shape index (κ2) is 9.42. The highest BCUT2D eigenvalue weighted by molar-refractivity contribution is 6.02. The van der Waals surface area contributed by atoms with Gasteiger partial charge in [-0.05, 0) is 37.1 Å². The molecule has 172 valence electrons. The van der Waals surface area contributed by atoms with E-state index >= 15 is 0 Å². The number of benzene rings is 1. The van der Waals surface area contributed by atoms with E-state index in [1.54, 1.807) is 19.2 Å². The summed E-state index contributed by atoms with van der Waals surface area (Å²) in [5.41, 5.74) is 0.806. The van der Waals surface area contributed by atoms with E-state index in [0.717, 1.165) is 18.2 Å². The van der Waals surface area contributed by atoms with Crippen LogP contribution in [0.5, 0.6) is 0 Å². The summed E-state index contributed by atoms with van der Waals surface area (Å²) in [5.74, 6) is -2.28. The first-order valence-corrected chi connectivity index (χ1v) is 10.7. The van der Waals surface area contributed by atoms with Gasteiger partial charge in [0, 0.05) is 35.7 Å². The molecule has 3 N–H and O–H groups in total. The van der Waals surface area contributed by atoms with Gasteiger partial charge in [-0.2, -0.15) is 0 Å². The molecule has 2 unspecified atom stereocenters. The molecule has 1 aromatic rings. The largest absolute Gasteiger partial charge is 0.387 e. The third-order valence-electron chi connectivity index (χ3n) is 5.73. The van der Waals surface area contributed by atoms with Gasteiger partial charge in [-0.3, -0.25) is 14.6 Å². The standard InChI is InChI=1S/C24H29F2N3O3/c1-13-5-6-18-21(22(13)31)19(10-24(3,4)12-28-18)29-23(32)14(2)27-11-20(30)15-7-16(25)9-17(26)8-15/h5-9,12-14,19-20,27,30H,10-11H2,1-4H3,(H,29,32)/t13?,14-,19?,20+/m0/s1. The van der Waals surface area contributed by atoms with Crippen LogP contribution in [0.1, 0.15) is 45.8 Å². The maximum atomic E-state index is 13.4. The average Bonchev–Trinajstić information content (AvgIpc) is 2.83. The van der Waals surface area contributed by atoms with Gasteiger partial charge in [0.15, 0.2) is 5.78 Å². The lowest BCUT2D eigenvalue weighted by atomic mass is 9.81. The van der Waals surface area contributed by atoms with Crippen molar-refractivity contribution in [2.45, 2.75) is 52.3 Å². The Morgan fingerprint density at radius 3 is 2.59 bits per heavy atom. The van der Waals surface area contributed by atoms with Crippen molar-refractivity contribution in [3.63, 3.8) is 0 Å². The Morgan fingerprint density at radius 1 is 1.28 bits per heavy atom. The third kappa shape index (κ3) is 5.55. The van der Waals surface area contributed by atoms with Gasteiger partial charge in [0.1, 0.15) is 11.6 Å². The monoisotopic (exact) mass is 445 g/mol. The van der Waals surface area contributed by atoms with Crippen LogP contribution in [0.2, 0.25) is 0 Å². The normalized spacial score (nSPS) is 24.0. The van der Waals surface area contributed by atoms with E-state index in [2.05, 4.69) is 15.6 Å². The smallest absolute Gasteiger partial charge is 0.237 e. The highest BCUT2D eigenvalue weighted by Gasteiger charge is 2.36. The molecule has 0 spiro atoms. The molecule has 0 radical (unpaired) electrons. The number of halogens is 2. The molecule has 1 aromatic carbocycles. The molecule has 32 heavy (non-hydrogen) atoms. The van der Waals surface area contributed by atoms with Crippen LogP contribution in [0.3, 0.4) is 0 Å². The Hall–Kier alpha value is -2.71. The highest BCUT2D eigenvalue weighted by Crippen LogP contribution is 2.33. The van der Waals surface area contributed by atoms with Gasteiger partial charge in [0.25, 0.3) is 0 Å². The summed E-state index contributed by atoms with van der Waals surface area (Å²) in [7, 11) is 0. The second-order valence-electron chi connectivity index (χ2n) is 9.17. The molecule has 1 aliphatic carbocycles. The molecule has 8 heteroatoms. The molecule has 0 aromatic heterocycles. The minimum atomic E-state index is -1.19. The summed E-state index contributed by atoms with van der Waals surface area (Å²) in [6.45, 7) is 7.32. The molecule has 0 saturated carbocycles. The number of ketones is 1. The summed E-state index contributed by atoms with van der Waals surface area (Å²) in [4.78, 5) is 30.2. The van der Waals surface area contributed by atoms with Gasteiger partial charge >= 0.3 is 0 Å². The molecule has 1 heterocycles. The first-order valence-electron chi connectivity index (χ1n) is 10.7. The van der Waals surface area contributed by atoms with Crippen LogP contribution in [0, 0.1) is 23.0 Å². The van der Waals surface area contributed by atoms with Gasteiger partial charge in [0.05, 0.1) is 23.9 Å². The first-order chi connectivity index (χ1) is 15.0. The number of rotatable bonds is 6. The van der Waals surface area contributed by atoms with Crippen molar-refractivity contribution in [2.75, 3.05) is 6.54 Å². The second-order valence-corrected chi connectivity index (χ2v) is 9.17. The quantitative estimate of drug-likeness (QED) is 0.628. The third-order valence-corrected chi connectivity index (χ3v) is 5.73. The highest BCUT2D eigenvalue weighted by atomic mass is 19.1. The van der Waals surface area contributed by atoms with E-state index in [4.69, 9.17) is 0 Å². The summed E-state index contributed by atoms with van der Waals surface area (Å²) in [5, 5.41) is 16.1. The Morgan fingerprint density at radius 2 is 1.94 bits per heavy atom. The maximum Gasteiger partial charge on any atom is 0.237 e. The van der Waals surface area contributed by atoms with Crippen molar-refractivity contribution in [1.82, 2.24) is 10.6 Å². The summed E-state index contributed by atoms with van der Waals surface area (Å²) >= 11 is 0. The van der Waals surface area contributed by atoms with E-state index in [9.17, 15) is 23.5 Å². The van der Waals surface area contributed by atoms with Crippen molar-refractivity contribution in [3.05, 3.63) is 58.8 Å². The van der Waals surface area contributed by atoms with Gasteiger partial charge in [0.2, 0.25) is 5.91 Å². The number of carbonyl (C=O) groups excluding carboxylic acids is 2. The van der Waals surface area contributed by atoms with Crippen molar-refractivity contribution in [1.29, 1.82) is 0 Å². The van der Waals surface area contributed by atoms with Crippen LogP contribution >= 0.6 is 0 Å².